The van der Waals surface area contributed by atoms with E-state index in [9.17, 15) is 4.79 Å². The van der Waals surface area contributed by atoms with Gasteiger partial charge in [0.25, 0.3) is 0 Å². The van der Waals surface area contributed by atoms with Crippen LogP contribution in [0.2, 0.25) is 0 Å². The van der Waals surface area contributed by atoms with Crippen molar-refractivity contribution >= 4 is 5.91 Å². The lowest BCUT2D eigenvalue weighted by molar-refractivity contribution is -0.119. The Bertz CT molecular complexity index is 217. The summed E-state index contributed by atoms with van der Waals surface area (Å²) in [7, 11) is 2.16. The summed E-state index contributed by atoms with van der Waals surface area (Å²) < 4.78 is 0. The number of amides is 1. The Labute approximate surface area is 79.5 Å². The SMILES string of the molecule is CN1CCCC2(CCC(=O)N2)CC1. The van der Waals surface area contributed by atoms with Gasteiger partial charge in [-0.05, 0) is 39.3 Å². The summed E-state index contributed by atoms with van der Waals surface area (Å²) in [6.45, 7) is 2.30. The molecule has 0 aliphatic carbocycles. The van der Waals surface area contributed by atoms with E-state index >= 15 is 0 Å². The molecule has 1 amide bonds. The van der Waals surface area contributed by atoms with E-state index in [0.29, 0.717) is 0 Å². The molecular formula is C10H18N2O. The third-order valence-corrected chi connectivity index (χ3v) is 3.40. The van der Waals surface area contributed by atoms with E-state index in [-0.39, 0.29) is 11.4 Å². The van der Waals surface area contributed by atoms with Crippen LogP contribution in [0, 0.1) is 0 Å². The number of hydrogen-bond donors (Lipinski definition) is 1. The zero-order chi connectivity index (χ0) is 9.31. The molecule has 1 unspecified atom stereocenters. The van der Waals surface area contributed by atoms with Crippen LogP contribution in [0.15, 0.2) is 0 Å². The summed E-state index contributed by atoms with van der Waals surface area (Å²) in [4.78, 5) is 13.5. The summed E-state index contributed by atoms with van der Waals surface area (Å²) in [5.41, 5.74) is 0.168. The molecule has 3 nitrogen and oxygen atoms in total. The molecule has 2 aliphatic rings. The van der Waals surface area contributed by atoms with E-state index in [1.807, 2.05) is 0 Å². The average molecular weight is 182 g/mol. The third kappa shape index (κ3) is 1.85. The van der Waals surface area contributed by atoms with Gasteiger partial charge in [0.15, 0.2) is 0 Å². The number of carbonyl (C=O) groups excluding carboxylic acids is 1. The zero-order valence-electron chi connectivity index (χ0n) is 8.31. The first-order valence-corrected chi connectivity index (χ1v) is 5.20. The minimum Gasteiger partial charge on any atom is -0.351 e. The molecule has 0 aromatic rings. The van der Waals surface area contributed by atoms with Crippen molar-refractivity contribution in [1.29, 1.82) is 0 Å². The first kappa shape index (κ1) is 9.00. The number of rotatable bonds is 0. The highest BCUT2D eigenvalue weighted by Crippen LogP contribution is 2.30. The van der Waals surface area contributed by atoms with Crippen molar-refractivity contribution in [1.82, 2.24) is 10.2 Å². The highest BCUT2D eigenvalue weighted by atomic mass is 16.2. The van der Waals surface area contributed by atoms with Crippen molar-refractivity contribution in [2.75, 3.05) is 20.1 Å². The van der Waals surface area contributed by atoms with Crippen molar-refractivity contribution in [3.8, 4) is 0 Å². The molecule has 2 saturated heterocycles. The van der Waals surface area contributed by atoms with E-state index < -0.39 is 0 Å². The summed E-state index contributed by atoms with van der Waals surface area (Å²) in [5.74, 6) is 0.254. The maximum absolute atomic E-state index is 11.2. The Morgan fingerprint density at radius 2 is 2.15 bits per heavy atom. The Balaban J connectivity index is 2.02. The number of carbonyl (C=O) groups is 1. The largest absolute Gasteiger partial charge is 0.351 e. The van der Waals surface area contributed by atoms with E-state index in [4.69, 9.17) is 0 Å². The Morgan fingerprint density at radius 3 is 2.85 bits per heavy atom. The monoisotopic (exact) mass is 182 g/mol. The van der Waals surface area contributed by atoms with Crippen LogP contribution < -0.4 is 5.32 Å². The first-order chi connectivity index (χ1) is 6.20. The molecule has 74 valence electrons. The van der Waals surface area contributed by atoms with Crippen molar-refractivity contribution in [3.05, 3.63) is 0 Å². The molecule has 1 N–H and O–H groups in total. The van der Waals surface area contributed by atoms with Crippen LogP contribution in [0.3, 0.4) is 0 Å². The third-order valence-electron chi connectivity index (χ3n) is 3.40. The summed E-state index contributed by atoms with van der Waals surface area (Å²) in [6, 6.07) is 0. The van der Waals surface area contributed by atoms with E-state index in [0.717, 1.165) is 25.8 Å². The predicted molar refractivity (Wildman–Crippen MR) is 51.5 cm³/mol. The molecule has 0 saturated carbocycles. The van der Waals surface area contributed by atoms with Crippen molar-refractivity contribution < 1.29 is 4.79 Å². The minimum absolute atomic E-state index is 0.168. The first-order valence-electron chi connectivity index (χ1n) is 5.20. The van der Waals surface area contributed by atoms with Crippen LogP contribution in [0.4, 0.5) is 0 Å². The highest BCUT2D eigenvalue weighted by molar-refractivity contribution is 5.79. The molecule has 2 fully saturated rings. The van der Waals surface area contributed by atoms with Crippen molar-refractivity contribution in [3.63, 3.8) is 0 Å². The fourth-order valence-corrected chi connectivity index (χ4v) is 2.48. The van der Waals surface area contributed by atoms with Crippen LogP contribution in [0.1, 0.15) is 32.1 Å². The summed E-state index contributed by atoms with van der Waals surface area (Å²) >= 11 is 0. The van der Waals surface area contributed by atoms with Crippen LogP contribution in [0.25, 0.3) is 0 Å². The second kappa shape index (κ2) is 3.29. The lowest BCUT2D eigenvalue weighted by Crippen LogP contribution is -2.42. The standard InChI is InChI=1S/C10H18N2O/c1-12-7-2-4-10(6-8-12)5-3-9(13)11-10/h2-8H2,1H3,(H,11,13). The number of likely N-dealkylation sites (tertiary alicyclic amines) is 1. The van der Waals surface area contributed by atoms with E-state index in [2.05, 4.69) is 17.3 Å². The lowest BCUT2D eigenvalue weighted by atomic mass is 9.89. The van der Waals surface area contributed by atoms with Gasteiger partial charge in [0.1, 0.15) is 0 Å². The molecule has 2 heterocycles. The van der Waals surface area contributed by atoms with Crippen LogP contribution >= 0.6 is 0 Å². The Kier molecular flexibility index (Phi) is 2.28. The van der Waals surface area contributed by atoms with Gasteiger partial charge in [-0.15, -0.1) is 0 Å². The minimum atomic E-state index is 0.168. The van der Waals surface area contributed by atoms with Gasteiger partial charge >= 0.3 is 0 Å². The second-order valence-electron chi connectivity index (χ2n) is 4.49. The van der Waals surface area contributed by atoms with Gasteiger partial charge in [0.05, 0.1) is 0 Å². The molecule has 1 spiro atoms. The fourth-order valence-electron chi connectivity index (χ4n) is 2.48. The van der Waals surface area contributed by atoms with Crippen LogP contribution in [-0.2, 0) is 4.79 Å². The number of nitrogens with zero attached hydrogens (tertiary/aromatic N) is 1. The molecule has 3 heteroatoms. The maximum atomic E-state index is 11.2. The topological polar surface area (TPSA) is 32.3 Å². The van der Waals surface area contributed by atoms with Gasteiger partial charge in [-0.2, -0.15) is 0 Å². The zero-order valence-corrected chi connectivity index (χ0v) is 8.31. The van der Waals surface area contributed by atoms with Gasteiger partial charge in [0, 0.05) is 18.5 Å². The number of nitrogens with one attached hydrogen (secondary N) is 1. The maximum Gasteiger partial charge on any atom is 0.220 e. The Hall–Kier alpha value is -0.570. The Morgan fingerprint density at radius 1 is 1.31 bits per heavy atom. The predicted octanol–water partition coefficient (Wildman–Crippen LogP) is 0.751. The van der Waals surface area contributed by atoms with Crippen LogP contribution in [0.5, 0.6) is 0 Å². The quantitative estimate of drug-likeness (QED) is 0.599. The molecule has 0 bridgehead atoms. The van der Waals surface area contributed by atoms with Crippen molar-refractivity contribution in [2.45, 2.75) is 37.6 Å². The average Bonchev–Trinajstić information content (AvgIpc) is 2.35. The summed E-state index contributed by atoms with van der Waals surface area (Å²) in [6.07, 6.45) is 5.32. The van der Waals surface area contributed by atoms with E-state index in [1.54, 1.807) is 0 Å². The number of hydrogen-bond acceptors (Lipinski definition) is 2. The molecule has 0 radical (unpaired) electrons. The van der Waals surface area contributed by atoms with Gasteiger partial charge in [-0.25, -0.2) is 0 Å². The van der Waals surface area contributed by atoms with E-state index in [1.165, 1.54) is 19.4 Å². The van der Waals surface area contributed by atoms with Gasteiger partial charge in [-0.3, -0.25) is 4.79 Å². The normalized spacial score (nSPS) is 36.2. The molecule has 0 aromatic carbocycles. The smallest absolute Gasteiger partial charge is 0.220 e. The summed E-state index contributed by atoms with van der Waals surface area (Å²) in [5, 5.41) is 3.16. The second-order valence-corrected chi connectivity index (χ2v) is 4.49. The van der Waals surface area contributed by atoms with Gasteiger partial charge < -0.3 is 10.2 Å². The molecule has 2 rings (SSSR count). The van der Waals surface area contributed by atoms with Crippen molar-refractivity contribution in [2.24, 2.45) is 0 Å². The molecular weight excluding hydrogens is 164 g/mol. The van der Waals surface area contributed by atoms with Crippen LogP contribution in [-0.4, -0.2) is 36.5 Å². The fraction of sp³-hybridized carbons (Fsp3) is 0.900. The van der Waals surface area contributed by atoms with Gasteiger partial charge in [-0.1, -0.05) is 0 Å². The molecule has 0 aromatic heterocycles. The highest BCUT2D eigenvalue weighted by Gasteiger charge is 2.37. The van der Waals surface area contributed by atoms with Gasteiger partial charge in [0.2, 0.25) is 5.91 Å². The molecule has 1 atom stereocenters. The molecule has 13 heavy (non-hydrogen) atoms. The lowest BCUT2D eigenvalue weighted by Gasteiger charge is -2.27. The molecule has 2 aliphatic heterocycles.